The minimum absolute atomic E-state index is 0.258. The van der Waals surface area contributed by atoms with Crippen molar-refractivity contribution < 1.29 is 24.9 Å². The van der Waals surface area contributed by atoms with Gasteiger partial charge in [0.2, 0.25) is 0 Å². The smallest absolute Gasteiger partial charge is 0.176 e. The first kappa shape index (κ1) is 22.8. The normalized spacial score (nSPS) is 26.1. The van der Waals surface area contributed by atoms with Crippen molar-refractivity contribution in [2.24, 2.45) is 23.7 Å². The summed E-state index contributed by atoms with van der Waals surface area (Å²) in [5.74, 6) is -2.39. The van der Waals surface area contributed by atoms with Gasteiger partial charge < -0.3 is 15.3 Å². The van der Waals surface area contributed by atoms with E-state index in [0.717, 1.165) is 0 Å². The second-order valence-corrected chi connectivity index (χ2v) is 8.60. The van der Waals surface area contributed by atoms with Crippen molar-refractivity contribution in [3.8, 4) is 0 Å². The molecular formula is C21H36O5. The molecule has 5 nitrogen and oxygen atoms in total. The molecule has 1 aliphatic rings. The third-order valence-electron chi connectivity index (χ3n) is 5.57. The van der Waals surface area contributed by atoms with Crippen LogP contribution in [0.2, 0.25) is 0 Å². The second kappa shape index (κ2) is 9.14. The van der Waals surface area contributed by atoms with Crippen LogP contribution in [0.4, 0.5) is 0 Å². The highest BCUT2D eigenvalue weighted by atomic mass is 16.4. The zero-order valence-corrected chi connectivity index (χ0v) is 17.1. The van der Waals surface area contributed by atoms with E-state index in [4.69, 9.17) is 0 Å². The molecule has 0 aliphatic heterocycles. The largest absolute Gasteiger partial charge is 0.508 e. The molecule has 26 heavy (non-hydrogen) atoms. The lowest BCUT2D eigenvalue weighted by atomic mass is 9.78. The van der Waals surface area contributed by atoms with Crippen LogP contribution in [0, 0.1) is 23.7 Å². The number of allylic oxidation sites excluding steroid dienone is 1. The predicted molar refractivity (Wildman–Crippen MR) is 102 cm³/mol. The van der Waals surface area contributed by atoms with E-state index in [-0.39, 0.29) is 12.0 Å². The highest BCUT2D eigenvalue weighted by Crippen LogP contribution is 2.44. The van der Waals surface area contributed by atoms with Crippen molar-refractivity contribution in [2.45, 2.75) is 85.4 Å². The van der Waals surface area contributed by atoms with E-state index in [2.05, 4.69) is 0 Å². The summed E-state index contributed by atoms with van der Waals surface area (Å²) in [5.41, 5.74) is -2.38. The molecule has 5 heteroatoms. The Labute approximate surface area is 157 Å². The number of aliphatic hydroxyl groups excluding tert-OH is 2. The van der Waals surface area contributed by atoms with E-state index in [1.807, 2.05) is 34.6 Å². The molecule has 3 unspecified atom stereocenters. The fourth-order valence-electron chi connectivity index (χ4n) is 3.48. The minimum atomic E-state index is -2.07. The summed E-state index contributed by atoms with van der Waals surface area (Å²) in [6.45, 7) is 11.5. The number of carbonyl (C=O) groups is 2. The Bertz CT molecular complexity index is 549. The Morgan fingerprint density at radius 3 is 2.08 bits per heavy atom. The average molecular weight is 369 g/mol. The van der Waals surface area contributed by atoms with Crippen molar-refractivity contribution >= 4 is 11.6 Å². The fraction of sp³-hybridized carbons (Fsp3) is 0.810. The predicted octanol–water partition coefficient (Wildman–Crippen LogP) is 3.58. The van der Waals surface area contributed by atoms with Crippen LogP contribution < -0.4 is 0 Å². The summed E-state index contributed by atoms with van der Waals surface area (Å²) in [6, 6.07) is 0. The third kappa shape index (κ3) is 4.55. The number of aliphatic hydroxyl groups is 3. The number of hydrogen-bond donors (Lipinski definition) is 3. The molecule has 0 bridgehead atoms. The Morgan fingerprint density at radius 1 is 1.08 bits per heavy atom. The molecule has 0 spiro atoms. The quantitative estimate of drug-likeness (QED) is 0.512. The van der Waals surface area contributed by atoms with E-state index in [0.29, 0.717) is 37.5 Å². The zero-order chi connectivity index (χ0) is 20.2. The van der Waals surface area contributed by atoms with Gasteiger partial charge in [-0.3, -0.25) is 9.59 Å². The number of Topliss-reactive ketones (excluding diaryl/α,β-unsaturated/α-hetero) is 2. The van der Waals surface area contributed by atoms with Gasteiger partial charge in [-0.1, -0.05) is 48.0 Å². The van der Waals surface area contributed by atoms with E-state index in [9.17, 15) is 24.9 Å². The highest BCUT2D eigenvalue weighted by molar-refractivity contribution is 6.24. The topological polar surface area (TPSA) is 94.8 Å². The van der Waals surface area contributed by atoms with Crippen LogP contribution in [-0.4, -0.2) is 38.6 Å². The van der Waals surface area contributed by atoms with E-state index >= 15 is 0 Å². The van der Waals surface area contributed by atoms with E-state index in [1.165, 1.54) is 0 Å². The molecule has 0 aromatic rings. The number of carbonyl (C=O) groups excluding carboxylic acids is 2. The standard InChI is InChI=1S/C21H36O5/c1-7-14(6)18(23)17-19(24)15(10-8-12(2)3)21(26,20(17)25)16(22)11-9-13(4)5/h12-16,22,25-26H,7-11H2,1-6H3/t14?,15?,16?,21-/m0/s1. The molecule has 0 heterocycles. The Morgan fingerprint density at radius 2 is 1.62 bits per heavy atom. The van der Waals surface area contributed by atoms with Crippen molar-refractivity contribution in [2.75, 3.05) is 0 Å². The first-order chi connectivity index (χ1) is 12.0. The maximum Gasteiger partial charge on any atom is 0.176 e. The first-order valence-electron chi connectivity index (χ1n) is 9.90. The van der Waals surface area contributed by atoms with Crippen LogP contribution in [0.25, 0.3) is 0 Å². The molecule has 1 aliphatic carbocycles. The molecule has 0 aromatic carbocycles. The minimum Gasteiger partial charge on any atom is -0.508 e. The summed E-state index contributed by atoms with van der Waals surface area (Å²) >= 11 is 0. The van der Waals surface area contributed by atoms with Crippen molar-refractivity contribution in [1.82, 2.24) is 0 Å². The maximum atomic E-state index is 12.9. The number of ketones is 2. The lowest BCUT2D eigenvalue weighted by molar-refractivity contribution is -0.137. The highest BCUT2D eigenvalue weighted by Gasteiger charge is 2.58. The SMILES string of the molecule is CCC(C)C(=O)C1=C(O)[C@@](O)(C(O)CCC(C)C)C(CCC(C)C)C1=O. The van der Waals surface area contributed by atoms with Gasteiger partial charge in [-0.15, -0.1) is 0 Å². The zero-order valence-electron chi connectivity index (χ0n) is 17.1. The van der Waals surface area contributed by atoms with E-state index in [1.54, 1.807) is 6.92 Å². The molecule has 0 aromatic heterocycles. The lowest BCUT2D eigenvalue weighted by Gasteiger charge is -2.34. The average Bonchev–Trinajstić information content (AvgIpc) is 2.76. The third-order valence-corrected chi connectivity index (χ3v) is 5.57. The lowest BCUT2D eigenvalue weighted by Crippen LogP contribution is -2.49. The van der Waals surface area contributed by atoms with Gasteiger partial charge in [-0.2, -0.15) is 0 Å². The van der Waals surface area contributed by atoms with Gasteiger partial charge in [0.25, 0.3) is 0 Å². The van der Waals surface area contributed by atoms with Gasteiger partial charge in [-0.05, 0) is 37.5 Å². The molecule has 0 radical (unpaired) electrons. The van der Waals surface area contributed by atoms with E-state index < -0.39 is 40.9 Å². The summed E-state index contributed by atoms with van der Waals surface area (Å²) < 4.78 is 0. The van der Waals surface area contributed by atoms with Crippen molar-refractivity contribution in [3.63, 3.8) is 0 Å². The van der Waals surface area contributed by atoms with Gasteiger partial charge in [0.15, 0.2) is 17.2 Å². The molecular weight excluding hydrogens is 332 g/mol. The first-order valence-corrected chi connectivity index (χ1v) is 9.90. The second-order valence-electron chi connectivity index (χ2n) is 8.60. The van der Waals surface area contributed by atoms with Gasteiger partial charge in [0.05, 0.1) is 12.0 Å². The molecule has 1 rings (SSSR count). The Kier molecular flexibility index (Phi) is 8.03. The number of rotatable bonds is 10. The summed E-state index contributed by atoms with van der Waals surface area (Å²) in [4.78, 5) is 25.6. The molecule has 150 valence electrons. The summed E-state index contributed by atoms with van der Waals surface area (Å²) in [6.07, 6.45) is 1.15. The number of hydrogen-bond acceptors (Lipinski definition) is 5. The molecule has 0 saturated heterocycles. The molecule has 4 atom stereocenters. The van der Waals surface area contributed by atoms with Crippen LogP contribution >= 0.6 is 0 Å². The van der Waals surface area contributed by atoms with Crippen LogP contribution in [-0.2, 0) is 9.59 Å². The molecule has 0 saturated carbocycles. The van der Waals surface area contributed by atoms with Crippen LogP contribution in [0.1, 0.15) is 73.6 Å². The Balaban J connectivity index is 3.29. The Hall–Kier alpha value is -1.20. The maximum absolute atomic E-state index is 12.9. The summed E-state index contributed by atoms with van der Waals surface area (Å²) in [7, 11) is 0. The molecule has 3 N–H and O–H groups in total. The van der Waals surface area contributed by atoms with Gasteiger partial charge >= 0.3 is 0 Å². The monoisotopic (exact) mass is 368 g/mol. The van der Waals surface area contributed by atoms with Gasteiger partial charge in [0, 0.05) is 5.92 Å². The van der Waals surface area contributed by atoms with Crippen LogP contribution in [0.15, 0.2) is 11.3 Å². The van der Waals surface area contributed by atoms with Crippen molar-refractivity contribution in [3.05, 3.63) is 11.3 Å². The molecule has 0 fully saturated rings. The fourth-order valence-corrected chi connectivity index (χ4v) is 3.48. The van der Waals surface area contributed by atoms with Crippen LogP contribution in [0.3, 0.4) is 0 Å². The van der Waals surface area contributed by atoms with Crippen LogP contribution in [0.5, 0.6) is 0 Å². The van der Waals surface area contributed by atoms with Gasteiger partial charge in [0.1, 0.15) is 11.3 Å². The van der Waals surface area contributed by atoms with Crippen molar-refractivity contribution in [1.29, 1.82) is 0 Å². The van der Waals surface area contributed by atoms with Gasteiger partial charge in [-0.25, -0.2) is 0 Å². The summed E-state index contributed by atoms with van der Waals surface area (Å²) in [5, 5.41) is 32.6. The molecule has 0 amide bonds.